The molecule has 2 aliphatic rings. The van der Waals surface area contributed by atoms with Crippen LogP contribution in [-0.2, 0) is 16.1 Å². The molecule has 2 atom stereocenters. The minimum atomic E-state index is -0.978. The molecule has 0 unspecified atom stereocenters. The van der Waals surface area contributed by atoms with Crippen molar-refractivity contribution >= 4 is 17.8 Å². The van der Waals surface area contributed by atoms with Crippen LogP contribution >= 0.6 is 0 Å². The van der Waals surface area contributed by atoms with Gasteiger partial charge in [-0.3, -0.25) is 14.5 Å². The van der Waals surface area contributed by atoms with Crippen LogP contribution in [0, 0.1) is 5.92 Å². The molecular formula is C32H43N3O6. The van der Waals surface area contributed by atoms with Gasteiger partial charge in [0.25, 0.3) is 0 Å². The van der Waals surface area contributed by atoms with Gasteiger partial charge in [-0.15, -0.1) is 0 Å². The number of ether oxygens (including phenoxy) is 1. The topological polar surface area (TPSA) is 119 Å². The van der Waals surface area contributed by atoms with Crippen LogP contribution in [-0.4, -0.2) is 75.1 Å². The molecule has 2 heterocycles. The summed E-state index contributed by atoms with van der Waals surface area (Å²) in [7, 11) is 0. The first-order valence-corrected chi connectivity index (χ1v) is 14.8. The number of carboxylic acids is 1. The van der Waals surface area contributed by atoms with Crippen molar-refractivity contribution in [2.45, 2.75) is 83.5 Å². The number of piperidine rings is 1. The highest BCUT2D eigenvalue weighted by molar-refractivity contribution is 6.00. The Balaban J connectivity index is 1.39. The molecular weight excluding hydrogens is 522 g/mol. The van der Waals surface area contributed by atoms with Gasteiger partial charge >= 0.3 is 5.97 Å². The molecule has 0 bridgehead atoms. The Labute approximate surface area is 242 Å². The Morgan fingerprint density at radius 2 is 1.59 bits per heavy atom. The zero-order valence-electron chi connectivity index (χ0n) is 24.3. The first-order chi connectivity index (χ1) is 19.7. The van der Waals surface area contributed by atoms with Crippen LogP contribution in [0.15, 0.2) is 48.5 Å². The van der Waals surface area contributed by atoms with E-state index < -0.39 is 23.7 Å². The van der Waals surface area contributed by atoms with E-state index >= 15 is 0 Å². The summed E-state index contributed by atoms with van der Waals surface area (Å²) in [5, 5.41) is 23.0. The Morgan fingerprint density at radius 1 is 1.00 bits per heavy atom. The van der Waals surface area contributed by atoms with Crippen molar-refractivity contribution in [3.63, 3.8) is 0 Å². The molecule has 1 spiro atoms. The van der Waals surface area contributed by atoms with Crippen LogP contribution in [0.3, 0.4) is 0 Å². The first-order valence-electron chi connectivity index (χ1n) is 14.8. The molecule has 2 aromatic carbocycles. The molecule has 0 saturated carbocycles. The van der Waals surface area contributed by atoms with Gasteiger partial charge < -0.3 is 25.2 Å². The van der Waals surface area contributed by atoms with Gasteiger partial charge in [-0.1, -0.05) is 52.2 Å². The Morgan fingerprint density at radius 3 is 2.12 bits per heavy atom. The summed E-state index contributed by atoms with van der Waals surface area (Å²) in [5.41, 5.74) is 0.439. The minimum Gasteiger partial charge on any atom is -0.478 e. The number of aromatic carboxylic acids is 1. The summed E-state index contributed by atoms with van der Waals surface area (Å²) in [6.07, 6.45) is 3.44. The maximum atomic E-state index is 13.7. The van der Waals surface area contributed by atoms with Crippen molar-refractivity contribution in [1.82, 2.24) is 15.1 Å². The average Bonchev–Trinajstić information content (AvgIpc) is 2.98. The molecule has 0 aliphatic carbocycles. The second-order valence-corrected chi connectivity index (χ2v) is 11.2. The maximum Gasteiger partial charge on any atom is 0.335 e. The van der Waals surface area contributed by atoms with Crippen LogP contribution in [0.1, 0.15) is 75.2 Å². The third kappa shape index (κ3) is 6.73. The van der Waals surface area contributed by atoms with E-state index in [0.29, 0.717) is 50.5 Å². The van der Waals surface area contributed by atoms with Crippen molar-refractivity contribution in [3.8, 4) is 11.5 Å². The number of piperazine rings is 1. The van der Waals surface area contributed by atoms with Crippen LogP contribution in [0.5, 0.6) is 11.5 Å². The fourth-order valence-electron chi connectivity index (χ4n) is 6.06. The predicted octanol–water partition coefficient (Wildman–Crippen LogP) is 4.44. The second-order valence-electron chi connectivity index (χ2n) is 11.2. The Bertz CT molecular complexity index is 1190. The molecule has 2 saturated heterocycles. The molecule has 222 valence electrons. The third-order valence-electron chi connectivity index (χ3n) is 8.72. The molecule has 2 amide bonds. The monoisotopic (exact) mass is 565 g/mol. The van der Waals surface area contributed by atoms with Crippen molar-refractivity contribution in [3.05, 3.63) is 59.7 Å². The van der Waals surface area contributed by atoms with Gasteiger partial charge in [0.2, 0.25) is 11.8 Å². The van der Waals surface area contributed by atoms with Gasteiger partial charge in [0.15, 0.2) is 0 Å². The number of likely N-dealkylation sites (tertiary alicyclic amines) is 1. The van der Waals surface area contributed by atoms with E-state index in [9.17, 15) is 19.5 Å². The van der Waals surface area contributed by atoms with E-state index in [-0.39, 0.29) is 23.3 Å². The lowest BCUT2D eigenvalue weighted by atomic mass is 9.79. The number of unbranched alkanes of at least 4 members (excludes halogenated alkanes) is 1. The molecule has 9 heteroatoms. The number of carboxylic acid groups (broad SMARTS) is 1. The lowest BCUT2D eigenvalue weighted by Gasteiger charge is -2.52. The highest BCUT2D eigenvalue weighted by Gasteiger charge is 2.55. The summed E-state index contributed by atoms with van der Waals surface area (Å²) in [5.74, 6) is -0.0912. The van der Waals surface area contributed by atoms with Crippen LogP contribution in [0.4, 0.5) is 0 Å². The van der Waals surface area contributed by atoms with Gasteiger partial charge in [-0.25, -0.2) is 4.79 Å². The van der Waals surface area contributed by atoms with E-state index in [1.54, 1.807) is 17.0 Å². The number of aliphatic hydroxyl groups excluding tert-OH is 1. The number of hydrogen-bond donors (Lipinski definition) is 3. The zero-order chi connectivity index (χ0) is 29.6. The highest BCUT2D eigenvalue weighted by atomic mass is 16.5. The van der Waals surface area contributed by atoms with E-state index in [1.807, 2.05) is 38.1 Å². The molecule has 2 aliphatic heterocycles. The van der Waals surface area contributed by atoms with Crippen molar-refractivity contribution in [2.24, 2.45) is 5.92 Å². The molecule has 0 radical (unpaired) electrons. The number of nitrogens with one attached hydrogen (secondary N) is 1. The number of rotatable bonds is 12. The number of nitrogens with zero attached hydrogens (tertiary/aromatic N) is 2. The summed E-state index contributed by atoms with van der Waals surface area (Å²) in [4.78, 5) is 42.5. The quantitative estimate of drug-likeness (QED) is 0.348. The number of carbonyl (C=O) groups excluding carboxylic acids is 2. The van der Waals surface area contributed by atoms with E-state index in [2.05, 4.69) is 17.1 Å². The number of carbonyl (C=O) groups is 3. The van der Waals surface area contributed by atoms with E-state index in [1.165, 1.54) is 12.1 Å². The van der Waals surface area contributed by atoms with Crippen LogP contribution in [0.25, 0.3) is 0 Å². The molecule has 3 N–H and O–H groups in total. The van der Waals surface area contributed by atoms with Crippen molar-refractivity contribution in [2.75, 3.05) is 19.6 Å². The van der Waals surface area contributed by atoms with E-state index in [0.717, 1.165) is 31.2 Å². The molecule has 0 aromatic heterocycles. The van der Waals surface area contributed by atoms with Gasteiger partial charge in [-0.05, 0) is 67.1 Å². The number of hydrogen-bond acceptors (Lipinski definition) is 6. The number of aliphatic hydroxyl groups is 1. The normalized spacial score (nSPS) is 19.8. The largest absolute Gasteiger partial charge is 0.478 e. The second kappa shape index (κ2) is 13.5. The van der Waals surface area contributed by atoms with Gasteiger partial charge in [0.05, 0.1) is 11.7 Å². The molecule has 9 nitrogen and oxygen atoms in total. The van der Waals surface area contributed by atoms with Gasteiger partial charge in [0, 0.05) is 26.2 Å². The minimum absolute atomic E-state index is 0.0394. The van der Waals surface area contributed by atoms with E-state index in [4.69, 9.17) is 9.84 Å². The summed E-state index contributed by atoms with van der Waals surface area (Å²) < 4.78 is 5.85. The van der Waals surface area contributed by atoms with Gasteiger partial charge in [-0.2, -0.15) is 0 Å². The van der Waals surface area contributed by atoms with Crippen LogP contribution < -0.4 is 10.1 Å². The number of benzene rings is 2. The average molecular weight is 566 g/mol. The lowest BCUT2D eigenvalue weighted by molar-refractivity contribution is -0.165. The smallest absolute Gasteiger partial charge is 0.335 e. The Hall–Kier alpha value is -3.43. The third-order valence-corrected chi connectivity index (χ3v) is 8.72. The molecule has 2 aromatic rings. The predicted molar refractivity (Wildman–Crippen MR) is 156 cm³/mol. The SMILES string of the molecule is CCCCN1C(=O)[C@@H]([C@H](O)C(CC)CC)NC(=O)C12CCN(Cc1ccc(Oc3ccc(C(=O)O)cc3)cc1)CC2. The molecule has 41 heavy (non-hydrogen) atoms. The summed E-state index contributed by atoms with van der Waals surface area (Å²) in [6.45, 7) is 8.67. The van der Waals surface area contributed by atoms with Crippen LogP contribution in [0.2, 0.25) is 0 Å². The fourth-order valence-corrected chi connectivity index (χ4v) is 6.06. The number of amides is 2. The summed E-state index contributed by atoms with van der Waals surface area (Å²) >= 11 is 0. The molecule has 2 fully saturated rings. The highest BCUT2D eigenvalue weighted by Crippen LogP contribution is 2.35. The Kier molecular flexibility index (Phi) is 10.0. The maximum absolute atomic E-state index is 13.7. The molecule has 4 rings (SSSR count). The van der Waals surface area contributed by atoms with Crippen molar-refractivity contribution in [1.29, 1.82) is 0 Å². The fraction of sp³-hybridized carbons (Fsp3) is 0.531. The van der Waals surface area contributed by atoms with Gasteiger partial charge in [0.1, 0.15) is 23.1 Å². The first kappa shape index (κ1) is 30.5. The lowest BCUT2D eigenvalue weighted by Crippen LogP contribution is -2.75. The standard InChI is InChI=1S/C32H43N3O6/c1-4-7-18-35-29(37)27(28(36)23(5-2)6-3)33-31(40)32(35)16-19-34(20-17-32)21-22-8-12-25(13-9-22)41-26-14-10-24(11-15-26)30(38)39/h8-15,23,27-28,36H,4-7,16-21H2,1-3H3,(H,33,40)(H,38,39)/t27-,28-/m1/s1. The van der Waals surface area contributed by atoms with Crippen molar-refractivity contribution < 1.29 is 29.3 Å². The summed E-state index contributed by atoms with van der Waals surface area (Å²) in [6, 6.07) is 13.2. The zero-order valence-corrected chi connectivity index (χ0v) is 24.3.